The van der Waals surface area contributed by atoms with Crippen LogP contribution in [0.2, 0.25) is 0 Å². The van der Waals surface area contributed by atoms with E-state index in [1.807, 2.05) is 6.92 Å². The number of allylic oxidation sites excluding steroid dienone is 2. The lowest BCUT2D eigenvalue weighted by Crippen LogP contribution is -2.27. The first-order valence-electron chi connectivity index (χ1n) is 5.02. The van der Waals surface area contributed by atoms with Crippen molar-refractivity contribution in [3.63, 3.8) is 0 Å². The van der Waals surface area contributed by atoms with E-state index in [-0.39, 0.29) is 5.70 Å². The number of rotatable bonds is 7. The summed E-state index contributed by atoms with van der Waals surface area (Å²) in [6.07, 6.45) is 4.75. The Bertz CT molecular complexity index is 436. The Morgan fingerprint density at radius 3 is 2.53 bits per heavy atom. The van der Waals surface area contributed by atoms with Crippen molar-refractivity contribution in [2.24, 2.45) is 10.2 Å². The molecule has 0 saturated heterocycles. The van der Waals surface area contributed by atoms with Crippen LogP contribution in [0.5, 0.6) is 0 Å². The molecule has 0 fully saturated rings. The molecule has 0 amide bonds. The molecule has 96 valence electrons. The number of hydrogen-bond donors (Lipinski definition) is 0. The van der Waals surface area contributed by atoms with Crippen LogP contribution in [0, 0.1) is 4.91 Å². The summed E-state index contributed by atoms with van der Waals surface area (Å²) in [4.78, 5) is 14.3. The van der Waals surface area contributed by atoms with Gasteiger partial charge in [0.15, 0.2) is 0 Å². The molecule has 0 aliphatic carbocycles. The second-order valence-corrected chi connectivity index (χ2v) is 6.29. The molecule has 0 aromatic heterocycles. The van der Waals surface area contributed by atoms with Crippen LogP contribution in [0.1, 0.15) is 6.92 Å². The van der Waals surface area contributed by atoms with Gasteiger partial charge in [-0.25, -0.2) is 4.31 Å². The number of likely N-dealkylation sites (N-methyl/N-ethyl adjacent to an activating group) is 1. The zero-order valence-electron chi connectivity index (χ0n) is 10.5. The summed E-state index contributed by atoms with van der Waals surface area (Å²) in [5.41, 5.74) is 0.917. The van der Waals surface area contributed by atoms with Crippen molar-refractivity contribution in [3.8, 4) is 0 Å². The van der Waals surface area contributed by atoms with E-state index in [0.29, 0.717) is 13.1 Å². The molecule has 0 aromatic carbocycles. The first-order valence-corrected chi connectivity index (χ1v) is 7.11. The SMILES string of the molecule is C=C(/C=C\C(C)=NCCN(C)S(=C)(C)=O)N=O. The predicted octanol–water partition coefficient (Wildman–Crippen LogP) is 1.48. The van der Waals surface area contributed by atoms with Gasteiger partial charge in [0.2, 0.25) is 0 Å². The summed E-state index contributed by atoms with van der Waals surface area (Å²) in [6.45, 7) is 6.31. The fourth-order valence-corrected chi connectivity index (χ4v) is 1.33. The topological polar surface area (TPSA) is 62.1 Å². The van der Waals surface area contributed by atoms with Gasteiger partial charge in [-0.1, -0.05) is 6.58 Å². The third-order valence-corrected chi connectivity index (χ3v) is 3.57. The zero-order valence-corrected chi connectivity index (χ0v) is 11.4. The lowest BCUT2D eigenvalue weighted by atomic mass is 10.3. The van der Waals surface area contributed by atoms with Gasteiger partial charge in [-0.15, -0.1) is 4.91 Å². The molecular formula is C11H19N3O2S. The van der Waals surface area contributed by atoms with E-state index in [9.17, 15) is 9.12 Å². The maximum atomic E-state index is 11.5. The number of nitroso groups, excluding NO2 is 1. The highest BCUT2D eigenvalue weighted by molar-refractivity contribution is 7.97. The molecular weight excluding hydrogens is 238 g/mol. The Morgan fingerprint density at radius 2 is 2.06 bits per heavy atom. The normalized spacial score (nSPS) is 16.1. The largest absolute Gasteiger partial charge is 0.289 e. The minimum absolute atomic E-state index is 0.158. The maximum absolute atomic E-state index is 11.5. The first-order chi connectivity index (χ1) is 7.77. The van der Waals surface area contributed by atoms with Gasteiger partial charge in [-0.05, 0) is 37.2 Å². The molecule has 0 rings (SSSR count). The van der Waals surface area contributed by atoms with Gasteiger partial charge >= 0.3 is 0 Å². The summed E-state index contributed by atoms with van der Waals surface area (Å²) in [5.74, 6) is 3.57. The summed E-state index contributed by atoms with van der Waals surface area (Å²) in [6, 6.07) is 0. The molecule has 6 heteroatoms. The second-order valence-electron chi connectivity index (χ2n) is 3.75. The van der Waals surface area contributed by atoms with E-state index < -0.39 is 9.71 Å². The van der Waals surface area contributed by atoms with Crippen molar-refractivity contribution in [2.75, 3.05) is 26.4 Å². The molecule has 5 nitrogen and oxygen atoms in total. The summed E-state index contributed by atoms with van der Waals surface area (Å²) in [5, 5.41) is 2.66. The Kier molecular flexibility index (Phi) is 6.60. The molecule has 0 radical (unpaired) electrons. The van der Waals surface area contributed by atoms with Gasteiger partial charge in [-0.2, -0.15) is 0 Å². The Morgan fingerprint density at radius 1 is 1.47 bits per heavy atom. The molecule has 0 saturated carbocycles. The van der Waals surface area contributed by atoms with E-state index in [4.69, 9.17) is 0 Å². The van der Waals surface area contributed by atoms with Crippen LogP contribution in [0.3, 0.4) is 0 Å². The molecule has 17 heavy (non-hydrogen) atoms. The highest BCUT2D eigenvalue weighted by Crippen LogP contribution is 1.95. The van der Waals surface area contributed by atoms with Crippen molar-refractivity contribution in [3.05, 3.63) is 29.3 Å². The lowest BCUT2D eigenvalue weighted by Gasteiger charge is -2.16. The summed E-state index contributed by atoms with van der Waals surface area (Å²) >= 11 is 0. The van der Waals surface area contributed by atoms with Gasteiger partial charge in [0.25, 0.3) is 0 Å². The van der Waals surface area contributed by atoms with E-state index in [1.54, 1.807) is 23.7 Å². The van der Waals surface area contributed by atoms with Gasteiger partial charge in [-0.3, -0.25) is 9.20 Å². The highest BCUT2D eigenvalue weighted by atomic mass is 32.2. The van der Waals surface area contributed by atoms with Crippen molar-refractivity contribution < 1.29 is 4.21 Å². The molecule has 0 heterocycles. The van der Waals surface area contributed by atoms with E-state index >= 15 is 0 Å². The third kappa shape index (κ3) is 7.59. The maximum Gasteiger partial charge on any atom is 0.100 e. The van der Waals surface area contributed by atoms with E-state index in [0.717, 1.165) is 5.71 Å². The second kappa shape index (κ2) is 7.13. The van der Waals surface area contributed by atoms with Crippen molar-refractivity contribution in [1.29, 1.82) is 0 Å². The van der Waals surface area contributed by atoms with Crippen molar-refractivity contribution in [1.82, 2.24) is 4.31 Å². The van der Waals surface area contributed by atoms with Gasteiger partial charge < -0.3 is 0 Å². The molecule has 1 unspecified atom stereocenters. The number of aliphatic imine (C=N–C) groups is 1. The number of hydrogen-bond acceptors (Lipinski definition) is 4. The molecule has 0 N–H and O–H groups in total. The quantitative estimate of drug-likeness (QED) is 0.300. The molecule has 0 aromatic rings. The van der Waals surface area contributed by atoms with Crippen molar-refractivity contribution >= 4 is 21.3 Å². The van der Waals surface area contributed by atoms with Crippen molar-refractivity contribution in [2.45, 2.75) is 6.92 Å². The molecule has 0 aliphatic heterocycles. The van der Waals surface area contributed by atoms with E-state index in [1.165, 1.54) is 6.08 Å². The van der Waals surface area contributed by atoms with E-state index in [2.05, 4.69) is 22.6 Å². The summed E-state index contributed by atoms with van der Waals surface area (Å²) < 4.78 is 13.2. The van der Waals surface area contributed by atoms with Gasteiger partial charge in [0, 0.05) is 28.2 Å². The van der Waals surface area contributed by atoms with Crippen LogP contribution in [-0.4, -0.2) is 46.5 Å². The smallest absolute Gasteiger partial charge is 0.100 e. The first kappa shape index (κ1) is 15.7. The monoisotopic (exact) mass is 257 g/mol. The van der Waals surface area contributed by atoms with Gasteiger partial charge in [0.05, 0.1) is 6.54 Å². The predicted molar refractivity (Wildman–Crippen MR) is 75.9 cm³/mol. The van der Waals surface area contributed by atoms with Gasteiger partial charge in [0.1, 0.15) is 5.70 Å². The molecule has 0 bridgehead atoms. The Hall–Kier alpha value is -1.27. The van der Waals surface area contributed by atoms with Crippen LogP contribution in [-0.2, 0) is 9.71 Å². The Labute approximate surface area is 103 Å². The third-order valence-electron chi connectivity index (χ3n) is 2.07. The minimum Gasteiger partial charge on any atom is -0.289 e. The lowest BCUT2D eigenvalue weighted by molar-refractivity contribution is 0.533. The minimum atomic E-state index is -2.15. The summed E-state index contributed by atoms with van der Waals surface area (Å²) in [7, 11) is -0.411. The van der Waals surface area contributed by atoms with Crippen LogP contribution in [0.4, 0.5) is 0 Å². The molecule has 1 atom stereocenters. The average molecular weight is 257 g/mol. The Balaban J connectivity index is 4.22. The standard InChI is InChI=1S/C11H19N3O2S/c1-10(6-7-11(2)13-15)12-8-9-14(3)17(4,5)16/h6-7H,2,4,8-9H2,1,3,5H3/b7-6-,12-10?. The van der Waals surface area contributed by atoms with Crippen LogP contribution >= 0.6 is 0 Å². The fraction of sp³-hybridized carbons (Fsp3) is 0.455. The van der Waals surface area contributed by atoms with Crippen LogP contribution in [0.15, 0.2) is 34.6 Å². The molecule has 0 spiro atoms. The zero-order chi connectivity index (χ0) is 13.5. The highest BCUT2D eigenvalue weighted by Gasteiger charge is 2.03. The molecule has 0 aliphatic rings. The average Bonchev–Trinajstić information content (AvgIpc) is 2.24. The number of nitrogens with zero attached hydrogens (tertiary/aromatic N) is 3. The van der Waals surface area contributed by atoms with Crippen LogP contribution in [0.25, 0.3) is 0 Å². The fourth-order valence-electron chi connectivity index (χ4n) is 0.860. The van der Waals surface area contributed by atoms with Crippen LogP contribution < -0.4 is 0 Å².